The predicted molar refractivity (Wildman–Crippen MR) is 99.7 cm³/mol. The van der Waals surface area contributed by atoms with Gasteiger partial charge in [0.2, 0.25) is 0 Å². The molecule has 0 aliphatic rings. The molecule has 0 bridgehead atoms. The van der Waals surface area contributed by atoms with Crippen LogP contribution in [0.25, 0.3) is 11.1 Å². The molecule has 0 aliphatic carbocycles. The van der Waals surface area contributed by atoms with Crippen LogP contribution in [0.3, 0.4) is 0 Å². The fraction of sp³-hybridized carbons (Fsp3) is 0.300. The third-order valence-corrected chi connectivity index (χ3v) is 4.36. The van der Waals surface area contributed by atoms with Gasteiger partial charge in [-0.25, -0.2) is 9.78 Å². The van der Waals surface area contributed by atoms with Crippen molar-refractivity contribution in [2.75, 3.05) is 0 Å². The van der Waals surface area contributed by atoms with Crippen LogP contribution in [0.5, 0.6) is 0 Å². The van der Waals surface area contributed by atoms with Gasteiger partial charge in [-0.2, -0.15) is 0 Å². The molecule has 7 heteroatoms. The Bertz CT molecular complexity index is 980. The minimum Gasteiger partial charge on any atom is -0.480 e. The number of rotatable bonds is 6. The molecule has 2 N–H and O–H groups in total. The Morgan fingerprint density at radius 2 is 1.93 bits per heavy atom. The van der Waals surface area contributed by atoms with Gasteiger partial charge in [0, 0.05) is 12.1 Å². The molecule has 1 amide bonds. The highest BCUT2D eigenvalue weighted by Gasteiger charge is 2.25. The number of nitrogens with one attached hydrogen (secondary N) is 1. The Kier molecular flexibility index (Phi) is 5.21. The number of pyridine rings is 1. The first kappa shape index (κ1) is 18.6. The maximum Gasteiger partial charge on any atom is 0.326 e. The summed E-state index contributed by atoms with van der Waals surface area (Å²) >= 11 is 0. The van der Waals surface area contributed by atoms with Crippen LogP contribution < -0.4 is 5.32 Å². The highest BCUT2D eigenvalue weighted by Crippen LogP contribution is 2.25. The number of carbonyl (C=O) groups is 2. The maximum absolute atomic E-state index is 12.9. The monoisotopic (exact) mass is 367 g/mol. The van der Waals surface area contributed by atoms with Gasteiger partial charge in [-0.15, -0.1) is 0 Å². The average Bonchev–Trinajstić information content (AvgIpc) is 3.02. The number of carbonyl (C=O) groups excluding carboxylic acids is 1. The van der Waals surface area contributed by atoms with Crippen LogP contribution in [0.2, 0.25) is 0 Å². The smallest absolute Gasteiger partial charge is 0.326 e. The second-order valence-corrected chi connectivity index (χ2v) is 6.75. The standard InChI is InChI=1S/C20H21N3O4/c1-11(2)15-10-14(17-12(3)23-27-19(17)22-15)18(24)21-16(20(25)26)9-13-7-5-4-6-8-13/h4-8,10-11,16H,9H2,1-3H3,(H,21,24)(H,25,26)/t16-/m0/s1. The predicted octanol–water partition coefficient (Wildman–Crippen LogP) is 3.08. The zero-order valence-electron chi connectivity index (χ0n) is 15.4. The van der Waals surface area contributed by atoms with Crippen LogP contribution in [0.4, 0.5) is 0 Å². The zero-order valence-corrected chi connectivity index (χ0v) is 15.4. The lowest BCUT2D eigenvalue weighted by Gasteiger charge is -2.16. The SMILES string of the molecule is Cc1noc2nc(C(C)C)cc(C(=O)N[C@@H](Cc3ccccc3)C(=O)O)c12. The Morgan fingerprint density at radius 1 is 1.22 bits per heavy atom. The van der Waals surface area contributed by atoms with E-state index < -0.39 is 17.9 Å². The number of aryl methyl sites for hydroxylation is 1. The number of carboxylic acid groups (broad SMARTS) is 1. The Hall–Kier alpha value is -3.22. The van der Waals surface area contributed by atoms with Gasteiger partial charge in [0.25, 0.3) is 11.6 Å². The molecule has 3 aromatic rings. The third-order valence-electron chi connectivity index (χ3n) is 4.36. The van der Waals surface area contributed by atoms with E-state index >= 15 is 0 Å². The second kappa shape index (κ2) is 7.57. The molecule has 0 aliphatic heterocycles. The zero-order chi connectivity index (χ0) is 19.6. The molecule has 140 valence electrons. The van der Waals surface area contributed by atoms with Crippen molar-refractivity contribution in [3.8, 4) is 0 Å². The molecule has 0 radical (unpaired) electrons. The normalized spacial score (nSPS) is 12.3. The fourth-order valence-electron chi connectivity index (χ4n) is 2.87. The van der Waals surface area contributed by atoms with E-state index in [-0.39, 0.29) is 18.1 Å². The first-order chi connectivity index (χ1) is 12.9. The van der Waals surface area contributed by atoms with Gasteiger partial charge in [-0.1, -0.05) is 49.3 Å². The number of fused-ring (bicyclic) bond motifs is 1. The van der Waals surface area contributed by atoms with Crippen molar-refractivity contribution in [1.29, 1.82) is 0 Å². The van der Waals surface area contributed by atoms with Crippen molar-refractivity contribution in [3.63, 3.8) is 0 Å². The van der Waals surface area contributed by atoms with Gasteiger partial charge in [0.15, 0.2) is 0 Å². The number of carboxylic acids is 1. The summed E-state index contributed by atoms with van der Waals surface area (Å²) in [6, 6.07) is 9.80. The molecule has 0 spiro atoms. The summed E-state index contributed by atoms with van der Waals surface area (Å²) in [5.41, 5.74) is 2.64. The molecule has 0 saturated carbocycles. The molecule has 0 saturated heterocycles. The molecule has 1 atom stereocenters. The van der Waals surface area contributed by atoms with Crippen LogP contribution in [0, 0.1) is 6.92 Å². The Morgan fingerprint density at radius 3 is 2.56 bits per heavy atom. The number of benzene rings is 1. The lowest BCUT2D eigenvalue weighted by Crippen LogP contribution is -2.42. The van der Waals surface area contributed by atoms with Crippen molar-refractivity contribution >= 4 is 23.0 Å². The lowest BCUT2D eigenvalue weighted by atomic mass is 10.0. The maximum atomic E-state index is 12.9. The quantitative estimate of drug-likeness (QED) is 0.694. The topological polar surface area (TPSA) is 105 Å². The summed E-state index contributed by atoms with van der Waals surface area (Å²) in [4.78, 5) is 29.0. The minimum atomic E-state index is -1.09. The number of nitrogens with zero attached hydrogens (tertiary/aromatic N) is 2. The van der Waals surface area contributed by atoms with E-state index in [4.69, 9.17) is 4.52 Å². The van der Waals surface area contributed by atoms with E-state index in [1.165, 1.54) is 0 Å². The van der Waals surface area contributed by atoms with Crippen LogP contribution >= 0.6 is 0 Å². The van der Waals surface area contributed by atoms with Crippen molar-refractivity contribution in [1.82, 2.24) is 15.5 Å². The van der Waals surface area contributed by atoms with Gasteiger partial charge in [0.05, 0.1) is 16.6 Å². The van der Waals surface area contributed by atoms with Crippen molar-refractivity contribution in [2.24, 2.45) is 0 Å². The summed E-state index contributed by atoms with van der Waals surface area (Å²) < 4.78 is 5.22. The fourth-order valence-corrected chi connectivity index (χ4v) is 2.87. The highest BCUT2D eigenvalue weighted by molar-refractivity contribution is 6.07. The molecule has 0 fully saturated rings. The molecule has 7 nitrogen and oxygen atoms in total. The largest absolute Gasteiger partial charge is 0.480 e. The van der Waals surface area contributed by atoms with Gasteiger partial charge in [0.1, 0.15) is 6.04 Å². The van der Waals surface area contributed by atoms with Gasteiger partial charge < -0.3 is 14.9 Å². The highest BCUT2D eigenvalue weighted by atomic mass is 16.5. The van der Waals surface area contributed by atoms with E-state index in [9.17, 15) is 14.7 Å². The third kappa shape index (κ3) is 3.97. The second-order valence-electron chi connectivity index (χ2n) is 6.75. The number of hydrogen-bond acceptors (Lipinski definition) is 5. The van der Waals surface area contributed by atoms with Crippen molar-refractivity contribution in [3.05, 3.63) is 58.9 Å². The van der Waals surface area contributed by atoms with Crippen molar-refractivity contribution < 1.29 is 19.2 Å². The summed E-state index contributed by atoms with van der Waals surface area (Å²) in [5, 5.41) is 16.6. The molecule has 3 rings (SSSR count). The summed E-state index contributed by atoms with van der Waals surface area (Å²) in [6.45, 7) is 5.63. The van der Waals surface area contributed by atoms with Crippen molar-refractivity contribution in [2.45, 2.75) is 39.2 Å². The van der Waals surface area contributed by atoms with Gasteiger partial charge >= 0.3 is 5.97 Å². The van der Waals surface area contributed by atoms with Gasteiger partial charge in [-0.05, 0) is 24.5 Å². The van der Waals surface area contributed by atoms with Crippen LogP contribution in [-0.4, -0.2) is 33.2 Å². The number of amides is 1. The lowest BCUT2D eigenvalue weighted by molar-refractivity contribution is -0.139. The van der Waals surface area contributed by atoms with E-state index in [1.54, 1.807) is 13.0 Å². The van der Waals surface area contributed by atoms with E-state index in [1.807, 2.05) is 44.2 Å². The average molecular weight is 367 g/mol. The molecule has 1 aromatic carbocycles. The number of hydrogen-bond donors (Lipinski definition) is 2. The van der Waals surface area contributed by atoms with Crippen LogP contribution in [-0.2, 0) is 11.2 Å². The molecule has 27 heavy (non-hydrogen) atoms. The first-order valence-electron chi connectivity index (χ1n) is 8.71. The number of aliphatic carboxylic acids is 1. The Labute approximate surface area is 156 Å². The first-order valence-corrected chi connectivity index (χ1v) is 8.71. The molecule has 0 unspecified atom stereocenters. The number of aromatic nitrogens is 2. The van der Waals surface area contributed by atoms with E-state index in [0.29, 0.717) is 22.3 Å². The summed E-state index contributed by atoms with van der Waals surface area (Å²) in [6.07, 6.45) is 0.190. The van der Waals surface area contributed by atoms with Crippen LogP contribution in [0.15, 0.2) is 40.9 Å². The molecule has 2 heterocycles. The minimum absolute atomic E-state index is 0.0749. The summed E-state index contributed by atoms with van der Waals surface area (Å²) in [5.74, 6) is -1.51. The molecule has 2 aromatic heterocycles. The van der Waals surface area contributed by atoms with Gasteiger partial charge in [-0.3, -0.25) is 4.79 Å². The molecular weight excluding hydrogens is 346 g/mol. The van der Waals surface area contributed by atoms with E-state index in [0.717, 1.165) is 5.56 Å². The van der Waals surface area contributed by atoms with E-state index in [2.05, 4.69) is 15.5 Å². The summed E-state index contributed by atoms with van der Waals surface area (Å²) in [7, 11) is 0. The Balaban J connectivity index is 1.94. The molecular formula is C20H21N3O4. The van der Waals surface area contributed by atoms with Crippen LogP contribution in [0.1, 0.15) is 47.1 Å².